The molecule has 1 fully saturated rings. The van der Waals surface area contributed by atoms with E-state index in [1.54, 1.807) is 25.2 Å². The maximum Gasteiger partial charge on any atom is 0.356 e. The number of nitrogens with zero attached hydrogens (tertiary/aromatic N) is 2. The Hall–Kier alpha value is -2.55. The lowest BCUT2D eigenvalue weighted by Crippen LogP contribution is -2.45. The minimum atomic E-state index is -2.97. The van der Waals surface area contributed by atoms with E-state index < -0.39 is 15.8 Å². The first-order valence-corrected chi connectivity index (χ1v) is 8.94. The minimum absolute atomic E-state index is 0.00160. The van der Waals surface area contributed by atoms with Gasteiger partial charge in [0, 0.05) is 12.6 Å². The number of benzene rings is 1. The summed E-state index contributed by atoms with van der Waals surface area (Å²) in [5.74, 6) is -0.213. The lowest BCUT2D eigenvalue weighted by molar-refractivity contribution is 0.0689. The standard InChI is InChI=1S/C15H16N2O6S/c1-17-12(6-11(16-17)15(18)19)9-3-4-13(14(5-9)22-2)23-10-7-24(20,21)8-10/h3-6,10H,7-8H2,1-2H3,(H,18,19). The topological polar surface area (TPSA) is 108 Å². The monoisotopic (exact) mass is 352 g/mol. The van der Waals surface area contributed by atoms with Gasteiger partial charge in [-0.15, -0.1) is 0 Å². The van der Waals surface area contributed by atoms with E-state index in [9.17, 15) is 13.2 Å². The van der Waals surface area contributed by atoms with Crippen molar-refractivity contribution >= 4 is 15.8 Å². The Balaban J connectivity index is 1.88. The molecule has 0 amide bonds. The van der Waals surface area contributed by atoms with Crippen LogP contribution < -0.4 is 9.47 Å². The fourth-order valence-corrected chi connectivity index (χ4v) is 3.70. The predicted molar refractivity (Wildman–Crippen MR) is 85.2 cm³/mol. The molecule has 0 spiro atoms. The van der Waals surface area contributed by atoms with Crippen molar-refractivity contribution in [2.45, 2.75) is 6.10 Å². The molecule has 0 unspecified atom stereocenters. The molecule has 2 heterocycles. The molecule has 0 aliphatic carbocycles. The molecular weight excluding hydrogens is 336 g/mol. The second-order valence-electron chi connectivity index (χ2n) is 5.53. The van der Waals surface area contributed by atoms with E-state index in [2.05, 4.69) is 5.10 Å². The molecule has 1 aliphatic heterocycles. The van der Waals surface area contributed by atoms with Crippen molar-refractivity contribution in [3.8, 4) is 22.8 Å². The van der Waals surface area contributed by atoms with E-state index in [1.807, 2.05) is 0 Å². The Morgan fingerprint density at radius 1 is 1.29 bits per heavy atom. The van der Waals surface area contributed by atoms with E-state index in [-0.39, 0.29) is 23.3 Å². The molecule has 0 atom stereocenters. The molecule has 9 heteroatoms. The SMILES string of the molecule is COc1cc(-c2cc(C(=O)O)nn2C)ccc1OC1CS(=O)(=O)C1. The average Bonchev–Trinajstić information content (AvgIpc) is 2.88. The summed E-state index contributed by atoms with van der Waals surface area (Å²) >= 11 is 0. The second kappa shape index (κ2) is 5.82. The van der Waals surface area contributed by atoms with Crippen LogP contribution in [0.5, 0.6) is 11.5 Å². The van der Waals surface area contributed by atoms with Gasteiger partial charge in [-0.1, -0.05) is 0 Å². The maximum absolute atomic E-state index is 11.2. The van der Waals surface area contributed by atoms with E-state index in [1.165, 1.54) is 17.9 Å². The number of methoxy groups -OCH3 is 1. The molecule has 2 aromatic rings. The Morgan fingerprint density at radius 3 is 2.54 bits per heavy atom. The molecule has 1 aromatic carbocycles. The number of carbonyl (C=O) groups is 1. The number of hydrogen-bond donors (Lipinski definition) is 1. The predicted octanol–water partition coefficient (Wildman–Crippen LogP) is 0.970. The first-order valence-electron chi connectivity index (χ1n) is 7.12. The molecule has 1 aromatic heterocycles. The van der Waals surface area contributed by atoms with Crippen LogP contribution in [0.25, 0.3) is 11.3 Å². The molecular formula is C15H16N2O6S. The second-order valence-corrected chi connectivity index (χ2v) is 7.68. The van der Waals surface area contributed by atoms with Gasteiger partial charge in [0.1, 0.15) is 6.10 Å². The third kappa shape index (κ3) is 3.07. The summed E-state index contributed by atoms with van der Waals surface area (Å²) in [6.45, 7) is 0. The fourth-order valence-electron chi connectivity index (χ4n) is 2.53. The number of aromatic nitrogens is 2. The van der Waals surface area contributed by atoms with E-state index in [4.69, 9.17) is 14.6 Å². The van der Waals surface area contributed by atoms with E-state index in [0.29, 0.717) is 22.8 Å². The van der Waals surface area contributed by atoms with Crippen LogP contribution in [0.15, 0.2) is 24.3 Å². The van der Waals surface area contributed by atoms with Gasteiger partial charge in [0.05, 0.1) is 24.3 Å². The Labute approximate surface area is 138 Å². The zero-order valence-corrected chi connectivity index (χ0v) is 13.9. The zero-order valence-electron chi connectivity index (χ0n) is 13.1. The van der Waals surface area contributed by atoms with Crippen LogP contribution in [-0.4, -0.2) is 54.0 Å². The highest BCUT2D eigenvalue weighted by molar-refractivity contribution is 7.92. The number of aryl methyl sites for hydroxylation is 1. The molecule has 0 radical (unpaired) electrons. The van der Waals surface area contributed by atoms with Crippen LogP contribution in [0.4, 0.5) is 0 Å². The van der Waals surface area contributed by atoms with Crippen molar-refractivity contribution in [2.75, 3.05) is 18.6 Å². The van der Waals surface area contributed by atoms with Crippen molar-refractivity contribution < 1.29 is 27.8 Å². The van der Waals surface area contributed by atoms with Crippen LogP contribution in [-0.2, 0) is 16.9 Å². The van der Waals surface area contributed by atoms with Crippen LogP contribution in [0.3, 0.4) is 0 Å². The van der Waals surface area contributed by atoms with Gasteiger partial charge in [0.2, 0.25) is 0 Å². The number of sulfone groups is 1. The lowest BCUT2D eigenvalue weighted by atomic mass is 10.1. The Kier molecular flexibility index (Phi) is 3.96. The average molecular weight is 352 g/mol. The van der Waals surface area contributed by atoms with Crippen molar-refractivity contribution in [3.05, 3.63) is 30.0 Å². The fraction of sp³-hybridized carbons (Fsp3) is 0.333. The minimum Gasteiger partial charge on any atom is -0.493 e. The molecule has 1 aliphatic rings. The van der Waals surface area contributed by atoms with Crippen molar-refractivity contribution in [1.82, 2.24) is 9.78 Å². The van der Waals surface area contributed by atoms with Gasteiger partial charge in [-0.05, 0) is 24.3 Å². The molecule has 24 heavy (non-hydrogen) atoms. The van der Waals surface area contributed by atoms with E-state index >= 15 is 0 Å². The Bertz CT molecular complexity index is 891. The molecule has 128 valence electrons. The van der Waals surface area contributed by atoms with Crippen LogP contribution in [0.2, 0.25) is 0 Å². The van der Waals surface area contributed by atoms with E-state index in [0.717, 1.165) is 0 Å². The van der Waals surface area contributed by atoms with Crippen molar-refractivity contribution in [3.63, 3.8) is 0 Å². The van der Waals surface area contributed by atoms with Crippen LogP contribution in [0.1, 0.15) is 10.5 Å². The van der Waals surface area contributed by atoms with Gasteiger partial charge in [0.25, 0.3) is 0 Å². The van der Waals surface area contributed by atoms with Gasteiger partial charge in [-0.2, -0.15) is 5.10 Å². The smallest absolute Gasteiger partial charge is 0.356 e. The summed E-state index contributed by atoms with van der Waals surface area (Å²) in [7, 11) is 0.167. The molecule has 0 bridgehead atoms. The van der Waals surface area contributed by atoms with Crippen molar-refractivity contribution in [1.29, 1.82) is 0 Å². The highest BCUT2D eigenvalue weighted by atomic mass is 32.2. The third-order valence-electron chi connectivity index (χ3n) is 3.73. The summed E-state index contributed by atoms with van der Waals surface area (Å²) in [5.41, 5.74) is 1.28. The highest BCUT2D eigenvalue weighted by Crippen LogP contribution is 2.34. The molecule has 1 saturated heterocycles. The molecule has 0 saturated carbocycles. The number of aromatic carboxylic acids is 1. The summed E-state index contributed by atoms with van der Waals surface area (Å²) in [4.78, 5) is 11.0. The maximum atomic E-state index is 11.2. The first-order chi connectivity index (χ1) is 11.3. The lowest BCUT2D eigenvalue weighted by Gasteiger charge is -2.27. The number of hydrogen-bond acceptors (Lipinski definition) is 6. The van der Waals surface area contributed by atoms with Crippen molar-refractivity contribution in [2.24, 2.45) is 7.05 Å². The first kappa shape index (κ1) is 16.3. The zero-order chi connectivity index (χ0) is 17.5. The summed E-state index contributed by atoms with van der Waals surface area (Å²) in [5, 5.41) is 12.9. The van der Waals surface area contributed by atoms with Crippen LogP contribution >= 0.6 is 0 Å². The largest absolute Gasteiger partial charge is 0.493 e. The number of carboxylic acids is 1. The Morgan fingerprint density at radius 2 is 2.00 bits per heavy atom. The highest BCUT2D eigenvalue weighted by Gasteiger charge is 2.35. The van der Waals surface area contributed by atoms with Gasteiger partial charge in [-0.3, -0.25) is 4.68 Å². The van der Waals surface area contributed by atoms with Crippen LogP contribution in [0, 0.1) is 0 Å². The van der Waals surface area contributed by atoms with Gasteiger partial charge in [0.15, 0.2) is 27.0 Å². The summed E-state index contributed by atoms with van der Waals surface area (Å²) in [6.07, 6.45) is -0.370. The quantitative estimate of drug-likeness (QED) is 0.854. The number of rotatable bonds is 5. The molecule has 8 nitrogen and oxygen atoms in total. The summed E-state index contributed by atoms with van der Waals surface area (Å²) in [6, 6.07) is 6.58. The number of ether oxygens (including phenoxy) is 2. The van der Waals surface area contributed by atoms with Gasteiger partial charge >= 0.3 is 5.97 Å². The van der Waals surface area contributed by atoms with Gasteiger partial charge in [-0.25, -0.2) is 13.2 Å². The molecule has 3 rings (SSSR count). The molecule has 1 N–H and O–H groups in total. The normalized spacial score (nSPS) is 16.4. The summed E-state index contributed by atoms with van der Waals surface area (Å²) < 4.78 is 34.8. The van der Waals surface area contributed by atoms with Gasteiger partial charge < -0.3 is 14.6 Å². The third-order valence-corrected chi connectivity index (χ3v) is 5.49. The number of carboxylic acid groups (broad SMARTS) is 1.